The Morgan fingerprint density at radius 2 is 2.15 bits per heavy atom. The summed E-state index contributed by atoms with van der Waals surface area (Å²) < 4.78 is 10.7. The molecule has 4 nitrogen and oxygen atoms in total. The number of thioether (sulfide) groups is 1. The van der Waals surface area contributed by atoms with Crippen LogP contribution in [0.5, 0.6) is 0 Å². The molecule has 1 aromatic heterocycles. The van der Waals surface area contributed by atoms with Crippen molar-refractivity contribution < 1.29 is 14.1 Å². The van der Waals surface area contributed by atoms with E-state index in [9.17, 15) is 4.79 Å². The predicted octanol–water partition coefficient (Wildman–Crippen LogP) is 5.57. The fourth-order valence-electron chi connectivity index (χ4n) is 2.80. The number of thiocarbonyl (C=S) groups is 1. The van der Waals surface area contributed by atoms with Crippen LogP contribution in [0, 0.1) is 6.92 Å². The van der Waals surface area contributed by atoms with Gasteiger partial charge in [0.25, 0.3) is 0 Å². The Kier molecular flexibility index (Phi) is 6.05. The molecule has 0 amide bonds. The zero-order valence-corrected chi connectivity index (χ0v) is 17.3. The molecule has 1 fully saturated rings. The van der Waals surface area contributed by atoms with Gasteiger partial charge in [0.2, 0.25) is 0 Å². The molecule has 0 unspecified atom stereocenters. The van der Waals surface area contributed by atoms with Gasteiger partial charge in [0.1, 0.15) is 5.76 Å². The van der Waals surface area contributed by atoms with E-state index in [1.54, 1.807) is 18.7 Å². The molecule has 0 bridgehead atoms. The number of hydrogen-bond acceptors (Lipinski definition) is 6. The van der Waals surface area contributed by atoms with Gasteiger partial charge in [-0.05, 0) is 44.1 Å². The summed E-state index contributed by atoms with van der Waals surface area (Å²) in [6.07, 6.45) is 2.03. The summed E-state index contributed by atoms with van der Waals surface area (Å²) in [6, 6.07) is 3.75. The number of nitrogens with zero attached hydrogens (tertiary/aromatic N) is 1. The maximum atomic E-state index is 12.4. The van der Waals surface area contributed by atoms with E-state index >= 15 is 0 Å². The standard InChI is InChI=1S/C19H20ClNO3S2/c1-4-23-19(22)15-14(16(24-21-15)11-6-7-11)17(25)12-8-9-13(20)10(3)18(12)26-5-2/h8-9,11H,4-7H2,1-3H3. The van der Waals surface area contributed by atoms with E-state index in [4.69, 9.17) is 33.1 Å². The smallest absolute Gasteiger partial charge is 0.361 e. The third-order valence-electron chi connectivity index (χ3n) is 4.24. The zero-order chi connectivity index (χ0) is 18.8. The Morgan fingerprint density at radius 1 is 1.42 bits per heavy atom. The van der Waals surface area contributed by atoms with Gasteiger partial charge in [0, 0.05) is 21.4 Å². The number of esters is 1. The molecular formula is C19H20ClNO3S2. The molecule has 138 valence electrons. The second-order valence-electron chi connectivity index (χ2n) is 6.08. The van der Waals surface area contributed by atoms with Gasteiger partial charge in [0.05, 0.1) is 17.0 Å². The molecule has 1 aliphatic rings. The first-order valence-electron chi connectivity index (χ1n) is 8.62. The Balaban J connectivity index is 2.12. The number of hydrogen-bond donors (Lipinski definition) is 0. The highest BCUT2D eigenvalue weighted by atomic mass is 35.5. The second-order valence-corrected chi connectivity index (χ2v) is 8.17. The first-order chi connectivity index (χ1) is 12.5. The first-order valence-corrected chi connectivity index (χ1v) is 10.4. The highest BCUT2D eigenvalue weighted by Crippen LogP contribution is 2.44. The number of benzene rings is 1. The zero-order valence-electron chi connectivity index (χ0n) is 14.9. The summed E-state index contributed by atoms with van der Waals surface area (Å²) in [5.41, 5.74) is 2.63. The lowest BCUT2D eigenvalue weighted by Gasteiger charge is -2.14. The molecule has 1 saturated carbocycles. The van der Waals surface area contributed by atoms with E-state index in [0.29, 0.717) is 21.2 Å². The highest BCUT2D eigenvalue weighted by molar-refractivity contribution is 7.99. The van der Waals surface area contributed by atoms with Crippen molar-refractivity contribution in [3.05, 3.63) is 45.3 Å². The summed E-state index contributed by atoms with van der Waals surface area (Å²) in [4.78, 5) is 14.0. The summed E-state index contributed by atoms with van der Waals surface area (Å²) in [5.74, 6) is 1.35. The topological polar surface area (TPSA) is 52.3 Å². The fraction of sp³-hybridized carbons (Fsp3) is 0.421. The fourth-order valence-corrected chi connectivity index (χ4v) is 4.38. The van der Waals surface area contributed by atoms with Crippen molar-refractivity contribution >= 4 is 46.4 Å². The molecule has 1 aliphatic carbocycles. The lowest BCUT2D eigenvalue weighted by Crippen LogP contribution is -2.13. The maximum Gasteiger partial charge on any atom is 0.361 e. The number of rotatable bonds is 7. The van der Waals surface area contributed by atoms with Crippen LogP contribution in [0.1, 0.15) is 65.5 Å². The third kappa shape index (κ3) is 3.68. The minimum Gasteiger partial charge on any atom is -0.461 e. The molecule has 2 aromatic rings. The van der Waals surface area contributed by atoms with E-state index in [1.165, 1.54) is 0 Å². The average Bonchev–Trinajstić information content (AvgIpc) is 3.37. The van der Waals surface area contributed by atoms with Crippen molar-refractivity contribution in [3.8, 4) is 0 Å². The van der Waals surface area contributed by atoms with Crippen LogP contribution < -0.4 is 0 Å². The number of carbonyl (C=O) groups is 1. The van der Waals surface area contributed by atoms with Crippen LogP contribution in [0.2, 0.25) is 5.02 Å². The molecule has 3 rings (SSSR count). The molecule has 0 N–H and O–H groups in total. The van der Waals surface area contributed by atoms with Gasteiger partial charge in [-0.3, -0.25) is 0 Å². The maximum absolute atomic E-state index is 12.4. The van der Waals surface area contributed by atoms with Gasteiger partial charge in [-0.2, -0.15) is 0 Å². The van der Waals surface area contributed by atoms with Crippen LogP contribution in [0.3, 0.4) is 0 Å². The lowest BCUT2D eigenvalue weighted by molar-refractivity contribution is 0.0514. The normalized spacial score (nSPS) is 13.7. The van der Waals surface area contributed by atoms with Crippen LogP contribution in [-0.2, 0) is 4.74 Å². The quantitative estimate of drug-likeness (QED) is 0.258. The van der Waals surface area contributed by atoms with E-state index in [1.807, 2.05) is 19.1 Å². The van der Waals surface area contributed by atoms with Crippen LogP contribution in [-0.4, -0.2) is 28.4 Å². The van der Waals surface area contributed by atoms with Crippen LogP contribution in [0.25, 0.3) is 0 Å². The van der Waals surface area contributed by atoms with Crippen molar-refractivity contribution in [1.82, 2.24) is 5.16 Å². The Morgan fingerprint density at radius 3 is 2.77 bits per heavy atom. The number of ether oxygens (including phenoxy) is 1. The molecule has 0 radical (unpaired) electrons. The monoisotopic (exact) mass is 409 g/mol. The average molecular weight is 410 g/mol. The Labute approximate surface area is 167 Å². The van der Waals surface area contributed by atoms with Crippen LogP contribution in [0.4, 0.5) is 0 Å². The summed E-state index contributed by atoms with van der Waals surface area (Å²) in [7, 11) is 0. The van der Waals surface area contributed by atoms with Crippen molar-refractivity contribution in [2.24, 2.45) is 0 Å². The van der Waals surface area contributed by atoms with E-state index < -0.39 is 5.97 Å². The lowest BCUT2D eigenvalue weighted by atomic mass is 9.99. The second kappa shape index (κ2) is 8.11. The molecule has 0 atom stereocenters. The highest BCUT2D eigenvalue weighted by Gasteiger charge is 2.36. The van der Waals surface area contributed by atoms with Crippen LogP contribution in [0.15, 0.2) is 21.6 Å². The van der Waals surface area contributed by atoms with E-state index in [0.717, 1.165) is 34.6 Å². The molecule has 0 aliphatic heterocycles. The van der Waals surface area contributed by atoms with Crippen molar-refractivity contribution in [1.29, 1.82) is 0 Å². The van der Waals surface area contributed by atoms with Gasteiger partial charge in [-0.1, -0.05) is 42.0 Å². The summed E-state index contributed by atoms with van der Waals surface area (Å²) >= 11 is 13.8. The number of aromatic nitrogens is 1. The van der Waals surface area contributed by atoms with Crippen LogP contribution >= 0.6 is 35.6 Å². The number of halogens is 1. The minimum absolute atomic E-state index is 0.166. The Bertz CT molecular complexity index is 859. The van der Waals surface area contributed by atoms with Gasteiger partial charge < -0.3 is 9.26 Å². The van der Waals surface area contributed by atoms with Gasteiger partial charge in [0.15, 0.2) is 5.69 Å². The number of carbonyl (C=O) groups excluding carboxylic acids is 1. The van der Waals surface area contributed by atoms with Crippen molar-refractivity contribution in [3.63, 3.8) is 0 Å². The molecular weight excluding hydrogens is 390 g/mol. The Hall–Kier alpha value is -1.37. The summed E-state index contributed by atoms with van der Waals surface area (Å²) in [5, 5.41) is 4.69. The predicted molar refractivity (Wildman–Crippen MR) is 108 cm³/mol. The third-order valence-corrected chi connectivity index (χ3v) is 6.17. The SMILES string of the molecule is CCOC(=O)c1noc(C2CC2)c1C(=S)c1ccc(Cl)c(C)c1SCC. The van der Waals surface area contributed by atoms with Gasteiger partial charge >= 0.3 is 5.97 Å². The van der Waals surface area contributed by atoms with Gasteiger partial charge in [-0.25, -0.2) is 4.79 Å². The molecule has 0 spiro atoms. The molecule has 1 heterocycles. The van der Waals surface area contributed by atoms with E-state index in [2.05, 4.69) is 12.1 Å². The first kappa shape index (κ1) is 19.4. The van der Waals surface area contributed by atoms with Crippen molar-refractivity contribution in [2.75, 3.05) is 12.4 Å². The molecule has 0 saturated heterocycles. The molecule has 7 heteroatoms. The van der Waals surface area contributed by atoms with Crippen molar-refractivity contribution in [2.45, 2.75) is 44.4 Å². The largest absolute Gasteiger partial charge is 0.461 e. The summed E-state index contributed by atoms with van der Waals surface area (Å²) in [6.45, 7) is 6.09. The minimum atomic E-state index is -0.504. The molecule has 26 heavy (non-hydrogen) atoms. The molecule has 1 aromatic carbocycles. The van der Waals surface area contributed by atoms with Gasteiger partial charge in [-0.15, -0.1) is 11.8 Å². The van der Waals surface area contributed by atoms with E-state index in [-0.39, 0.29) is 18.2 Å².